The molecule has 0 N–H and O–H groups in total. The Labute approximate surface area is 167 Å². The van der Waals surface area contributed by atoms with Crippen molar-refractivity contribution in [3.05, 3.63) is 60.7 Å². The van der Waals surface area contributed by atoms with E-state index >= 15 is 0 Å². The highest BCUT2D eigenvalue weighted by Gasteiger charge is 2.20. The monoisotopic (exact) mass is 426 g/mol. The van der Waals surface area contributed by atoms with Gasteiger partial charge < -0.3 is 0 Å². The minimum atomic E-state index is -3.77. The van der Waals surface area contributed by atoms with E-state index in [2.05, 4.69) is 0 Å². The van der Waals surface area contributed by atoms with Gasteiger partial charge in [-0.05, 0) is 51.0 Å². The maximum Gasteiger partial charge on any atom is 0.297 e. The number of benzene rings is 2. The average Bonchev–Trinajstić information content (AvgIpc) is 2.66. The zero-order chi connectivity index (χ0) is 20.6. The van der Waals surface area contributed by atoms with Gasteiger partial charge in [-0.3, -0.25) is 8.37 Å². The molecule has 0 amide bonds. The van der Waals surface area contributed by atoms with Crippen LogP contribution in [0.4, 0.5) is 0 Å². The van der Waals surface area contributed by atoms with Crippen molar-refractivity contribution >= 4 is 20.2 Å². The molecular weight excluding hydrogens is 400 g/mol. The molecule has 2 atom stereocenters. The maximum atomic E-state index is 12.2. The number of hydrogen-bond donors (Lipinski definition) is 0. The molecule has 0 fully saturated rings. The van der Waals surface area contributed by atoms with Gasteiger partial charge in [-0.25, -0.2) is 0 Å². The molecule has 6 nitrogen and oxygen atoms in total. The molecule has 0 radical (unpaired) electrons. The highest BCUT2D eigenvalue weighted by Crippen LogP contribution is 2.19. The highest BCUT2D eigenvalue weighted by atomic mass is 32.2. The van der Waals surface area contributed by atoms with Crippen molar-refractivity contribution in [1.29, 1.82) is 0 Å². The summed E-state index contributed by atoms with van der Waals surface area (Å²) in [6.07, 6.45) is 1.56. The van der Waals surface area contributed by atoms with Gasteiger partial charge >= 0.3 is 0 Å². The molecule has 0 aliphatic rings. The largest absolute Gasteiger partial charge is 0.297 e. The number of unbranched alkanes of at least 4 members (excludes halogenated alkanes) is 1. The normalized spacial score (nSPS) is 14.5. The molecule has 0 aliphatic carbocycles. The number of rotatable bonds is 11. The van der Waals surface area contributed by atoms with Crippen molar-refractivity contribution in [3.8, 4) is 0 Å². The van der Waals surface area contributed by atoms with Crippen molar-refractivity contribution in [1.82, 2.24) is 0 Å². The third-order valence-electron chi connectivity index (χ3n) is 4.12. The van der Waals surface area contributed by atoms with E-state index in [9.17, 15) is 16.8 Å². The van der Waals surface area contributed by atoms with Gasteiger partial charge in [0.1, 0.15) is 0 Å². The third kappa shape index (κ3) is 7.01. The van der Waals surface area contributed by atoms with Crippen LogP contribution in [-0.4, -0.2) is 29.0 Å². The fourth-order valence-electron chi connectivity index (χ4n) is 2.68. The average molecular weight is 427 g/mol. The minimum Gasteiger partial charge on any atom is -0.263 e. The lowest BCUT2D eigenvalue weighted by Gasteiger charge is -2.15. The molecule has 154 valence electrons. The van der Waals surface area contributed by atoms with Crippen LogP contribution in [0.1, 0.15) is 39.5 Å². The van der Waals surface area contributed by atoms with E-state index in [1.54, 1.807) is 50.2 Å². The Morgan fingerprint density at radius 3 is 1.29 bits per heavy atom. The molecule has 2 aromatic rings. The topological polar surface area (TPSA) is 86.7 Å². The van der Waals surface area contributed by atoms with Gasteiger partial charge in [-0.1, -0.05) is 49.2 Å². The first-order valence-corrected chi connectivity index (χ1v) is 12.0. The second-order valence-corrected chi connectivity index (χ2v) is 9.78. The Morgan fingerprint density at radius 1 is 0.643 bits per heavy atom. The highest BCUT2D eigenvalue weighted by molar-refractivity contribution is 7.87. The van der Waals surface area contributed by atoms with E-state index in [0.717, 1.165) is 0 Å². The maximum absolute atomic E-state index is 12.2. The van der Waals surface area contributed by atoms with Crippen LogP contribution in [0.15, 0.2) is 70.5 Å². The smallest absolute Gasteiger partial charge is 0.263 e. The molecule has 0 spiro atoms. The van der Waals surface area contributed by atoms with E-state index in [0.29, 0.717) is 25.7 Å². The molecule has 0 bridgehead atoms. The summed E-state index contributed by atoms with van der Waals surface area (Å²) in [6.45, 7) is 3.42. The molecule has 0 saturated heterocycles. The summed E-state index contributed by atoms with van der Waals surface area (Å²) >= 11 is 0. The van der Waals surface area contributed by atoms with Crippen LogP contribution in [0.25, 0.3) is 0 Å². The summed E-state index contributed by atoms with van der Waals surface area (Å²) in [5.74, 6) is 0. The third-order valence-corrected chi connectivity index (χ3v) is 6.98. The van der Waals surface area contributed by atoms with Gasteiger partial charge in [-0.15, -0.1) is 0 Å². The Morgan fingerprint density at radius 2 is 0.964 bits per heavy atom. The summed E-state index contributed by atoms with van der Waals surface area (Å²) < 4.78 is 59.1. The van der Waals surface area contributed by atoms with Crippen LogP contribution in [0, 0.1) is 0 Å². The fraction of sp³-hybridized carbons (Fsp3) is 0.400. The molecule has 0 saturated carbocycles. The summed E-state index contributed by atoms with van der Waals surface area (Å²) in [5, 5.41) is 0. The number of hydrogen-bond acceptors (Lipinski definition) is 6. The predicted octanol–water partition coefficient (Wildman–Crippen LogP) is 4.13. The SMILES string of the molecule is CC(CCCCC(C)OS(=O)(=O)c1ccccc1)OS(=O)(=O)c1ccccc1. The van der Waals surface area contributed by atoms with Gasteiger partial charge in [0.25, 0.3) is 20.2 Å². The minimum absolute atomic E-state index is 0.134. The summed E-state index contributed by atoms with van der Waals surface area (Å²) in [4.78, 5) is 0.269. The lowest BCUT2D eigenvalue weighted by Crippen LogP contribution is -2.17. The molecule has 0 aromatic heterocycles. The van der Waals surface area contributed by atoms with Crippen molar-refractivity contribution in [2.75, 3.05) is 0 Å². The summed E-state index contributed by atoms with van der Waals surface area (Å²) in [6, 6.07) is 16.0. The van der Waals surface area contributed by atoms with Gasteiger partial charge in [0.15, 0.2) is 0 Å². The molecule has 2 rings (SSSR count). The first kappa shape index (κ1) is 22.5. The van der Waals surface area contributed by atoms with Crippen LogP contribution in [-0.2, 0) is 28.6 Å². The summed E-state index contributed by atoms with van der Waals surface area (Å²) in [5.41, 5.74) is 0. The van der Waals surface area contributed by atoms with E-state index < -0.39 is 32.4 Å². The van der Waals surface area contributed by atoms with E-state index in [-0.39, 0.29) is 9.79 Å². The lowest BCUT2D eigenvalue weighted by atomic mass is 10.1. The van der Waals surface area contributed by atoms with Crippen molar-refractivity contribution in [2.45, 2.75) is 61.5 Å². The van der Waals surface area contributed by atoms with Crippen molar-refractivity contribution in [2.24, 2.45) is 0 Å². The molecule has 0 aliphatic heterocycles. The Hall–Kier alpha value is -1.74. The van der Waals surface area contributed by atoms with Crippen LogP contribution < -0.4 is 0 Å². The van der Waals surface area contributed by atoms with Gasteiger partial charge in [-0.2, -0.15) is 16.8 Å². The lowest BCUT2D eigenvalue weighted by molar-refractivity contribution is 0.196. The predicted molar refractivity (Wildman–Crippen MR) is 107 cm³/mol. The van der Waals surface area contributed by atoms with Gasteiger partial charge in [0, 0.05) is 0 Å². The molecule has 2 aromatic carbocycles. The van der Waals surface area contributed by atoms with Crippen molar-refractivity contribution in [3.63, 3.8) is 0 Å². The van der Waals surface area contributed by atoms with Gasteiger partial charge in [0.05, 0.1) is 22.0 Å². The standard InChI is InChI=1S/C20H26O6S2/c1-17(25-27(21,22)19-13-5-3-6-14-19)11-9-10-12-18(2)26-28(23,24)20-15-7-4-8-16-20/h3-8,13-18H,9-12H2,1-2H3. The van der Waals surface area contributed by atoms with Crippen LogP contribution in [0.2, 0.25) is 0 Å². The van der Waals surface area contributed by atoms with Crippen LogP contribution in [0.3, 0.4) is 0 Å². The first-order chi connectivity index (χ1) is 13.2. The molecular formula is C20H26O6S2. The molecule has 2 unspecified atom stereocenters. The fourth-order valence-corrected chi connectivity index (χ4v) is 4.94. The zero-order valence-electron chi connectivity index (χ0n) is 16.0. The van der Waals surface area contributed by atoms with Crippen LogP contribution in [0.5, 0.6) is 0 Å². The zero-order valence-corrected chi connectivity index (χ0v) is 17.7. The Balaban J connectivity index is 1.73. The second-order valence-electron chi connectivity index (χ2n) is 6.63. The van der Waals surface area contributed by atoms with Crippen LogP contribution >= 0.6 is 0 Å². The first-order valence-electron chi connectivity index (χ1n) is 9.17. The Kier molecular flexibility index (Phi) is 8.18. The van der Waals surface area contributed by atoms with E-state index in [1.165, 1.54) is 24.3 Å². The quantitative estimate of drug-likeness (QED) is 0.396. The molecule has 8 heteroatoms. The molecule has 28 heavy (non-hydrogen) atoms. The molecule has 0 heterocycles. The Bertz CT molecular complexity index is 846. The second kappa shape index (κ2) is 10.2. The van der Waals surface area contributed by atoms with E-state index in [4.69, 9.17) is 8.37 Å². The van der Waals surface area contributed by atoms with Crippen molar-refractivity contribution < 1.29 is 25.2 Å². The van der Waals surface area contributed by atoms with E-state index in [1.807, 2.05) is 0 Å². The summed E-state index contributed by atoms with van der Waals surface area (Å²) in [7, 11) is -7.54. The van der Waals surface area contributed by atoms with Gasteiger partial charge in [0.2, 0.25) is 0 Å².